The Labute approximate surface area is 269 Å². The molecule has 0 radical (unpaired) electrons. The molecule has 1 aromatic heterocycles. The zero-order valence-electron chi connectivity index (χ0n) is 28.5. The first-order valence-electron chi connectivity index (χ1n) is 15.9. The number of aromatic amines is 1. The van der Waals surface area contributed by atoms with Gasteiger partial charge < -0.3 is 13.6 Å². The van der Waals surface area contributed by atoms with Gasteiger partial charge in [0.05, 0.1) is 12.7 Å². The molecule has 244 valence electrons. The molecule has 0 bridgehead atoms. The fourth-order valence-corrected chi connectivity index (χ4v) is 12.1. The van der Waals surface area contributed by atoms with Gasteiger partial charge in [0, 0.05) is 24.6 Å². The van der Waals surface area contributed by atoms with E-state index in [1.165, 1.54) is 10.8 Å². The molecule has 4 rings (SSSR count). The van der Waals surface area contributed by atoms with Crippen LogP contribution >= 0.6 is 0 Å². The van der Waals surface area contributed by atoms with Crippen LogP contribution in [0.25, 0.3) is 0 Å². The highest BCUT2D eigenvalue weighted by Crippen LogP contribution is 2.46. The van der Waals surface area contributed by atoms with Crippen molar-refractivity contribution < 1.29 is 18.4 Å². The number of nitrogens with one attached hydrogen (secondary N) is 1. The van der Waals surface area contributed by atoms with Crippen molar-refractivity contribution in [2.45, 2.75) is 109 Å². The maximum Gasteiger partial charge on any atom is 0.330 e. The molecule has 0 saturated carbocycles. The van der Waals surface area contributed by atoms with Gasteiger partial charge in [0.25, 0.3) is 13.9 Å². The molecular formula is C35H50N2O6Si2. The lowest BCUT2D eigenvalue weighted by molar-refractivity contribution is -0.162. The summed E-state index contributed by atoms with van der Waals surface area (Å²) < 4.78 is 22.6. The number of ketones is 1. The number of hydrogen-bond acceptors (Lipinski definition) is 6. The molecule has 0 unspecified atom stereocenters. The second kappa shape index (κ2) is 12.7. The standard InChI is InChI=1S/C35H50N2O6Si2/c1-11-28(38)35(24-41-45(34(6,7)8,26-18-14-12-15-19-26)27-20-16-13-17-21-27)29(43-44(9,10)33(3,4)5)22-30(42-35)37-23-25(2)31(39)36-32(37)40/h12-21,23,29-30H,11,22,24H2,1-10H3,(H,36,39,40)/t29-,30+,35-/m0/s1. The summed E-state index contributed by atoms with van der Waals surface area (Å²) in [5, 5.41) is 1.71. The van der Waals surface area contributed by atoms with E-state index in [1.54, 1.807) is 6.92 Å². The topological polar surface area (TPSA) is 99.6 Å². The summed E-state index contributed by atoms with van der Waals surface area (Å²) >= 11 is 0. The third kappa shape index (κ3) is 6.53. The Hall–Kier alpha value is -2.90. The third-order valence-electron chi connectivity index (χ3n) is 9.69. The molecule has 2 aromatic carbocycles. The van der Waals surface area contributed by atoms with Gasteiger partial charge in [-0.05, 0) is 40.5 Å². The highest BCUT2D eigenvalue weighted by Gasteiger charge is 2.60. The molecule has 0 aliphatic carbocycles. The lowest BCUT2D eigenvalue weighted by atomic mass is 9.91. The van der Waals surface area contributed by atoms with Gasteiger partial charge in [-0.2, -0.15) is 0 Å². The number of hydrogen-bond donors (Lipinski definition) is 1. The van der Waals surface area contributed by atoms with Crippen LogP contribution in [0.2, 0.25) is 23.2 Å². The molecule has 3 aromatic rings. The van der Waals surface area contributed by atoms with E-state index in [0.717, 1.165) is 10.4 Å². The van der Waals surface area contributed by atoms with Gasteiger partial charge in [-0.1, -0.05) is 109 Å². The molecule has 2 heterocycles. The molecule has 1 aliphatic heterocycles. The van der Waals surface area contributed by atoms with Crippen LogP contribution in [0.4, 0.5) is 0 Å². The van der Waals surface area contributed by atoms with Gasteiger partial charge in [0.2, 0.25) is 0 Å². The predicted octanol–water partition coefficient (Wildman–Crippen LogP) is 5.45. The predicted molar refractivity (Wildman–Crippen MR) is 184 cm³/mol. The van der Waals surface area contributed by atoms with Crippen LogP contribution in [-0.4, -0.2) is 50.3 Å². The number of ether oxygens (including phenoxy) is 1. The monoisotopic (exact) mass is 650 g/mol. The average molecular weight is 651 g/mol. The molecule has 8 nitrogen and oxygen atoms in total. The van der Waals surface area contributed by atoms with Crippen LogP contribution in [0.15, 0.2) is 76.4 Å². The SMILES string of the molecule is CCC(=O)[C@]1(CO[Si](c2ccccc2)(c2ccccc2)C(C)(C)C)O[C@@H](n2cc(C)c(=O)[nH]c2=O)C[C@@H]1O[Si](C)(C)C(C)(C)C. The van der Waals surface area contributed by atoms with Crippen LogP contribution < -0.4 is 21.6 Å². The number of carbonyl (C=O) groups excluding carboxylic acids is 1. The smallest absolute Gasteiger partial charge is 0.330 e. The Morgan fingerprint density at radius 2 is 1.49 bits per heavy atom. The van der Waals surface area contributed by atoms with E-state index in [0.29, 0.717) is 5.56 Å². The molecule has 3 atom stereocenters. The first-order chi connectivity index (χ1) is 20.9. The number of nitrogens with zero attached hydrogens (tertiary/aromatic N) is 1. The Morgan fingerprint density at radius 1 is 0.956 bits per heavy atom. The minimum absolute atomic E-state index is 0.0418. The minimum atomic E-state index is -3.07. The van der Waals surface area contributed by atoms with Crippen molar-refractivity contribution in [3.8, 4) is 0 Å². The minimum Gasteiger partial charge on any atom is -0.410 e. The van der Waals surface area contributed by atoms with Crippen LogP contribution in [0.3, 0.4) is 0 Å². The number of aryl methyl sites for hydroxylation is 1. The quantitative estimate of drug-likeness (QED) is 0.293. The van der Waals surface area contributed by atoms with Crippen molar-refractivity contribution in [1.82, 2.24) is 9.55 Å². The van der Waals surface area contributed by atoms with Crippen LogP contribution in [0.1, 0.15) is 73.1 Å². The summed E-state index contributed by atoms with van der Waals surface area (Å²) in [5.74, 6) is -0.138. The molecule has 1 aliphatic rings. The van der Waals surface area contributed by atoms with E-state index in [1.807, 2.05) is 43.3 Å². The summed E-state index contributed by atoms with van der Waals surface area (Å²) in [7, 11) is -5.51. The van der Waals surface area contributed by atoms with E-state index >= 15 is 0 Å². The zero-order valence-corrected chi connectivity index (χ0v) is 30.5. The lowest BCUT2D eigenvalue weighted by Crippen LogP contribution is -2.69. The van der Waals surface area contributed by atoms with Crippen LogP contribution in [-0.2, 0) is 18.4 Å². The highest BCUT2D eigenvalue weighted by molar-refractivity contribution is 6.99. The molecular weight excluding hydrogens is 601 g/mol. The van der Waals surface area contributed by atoms with Crippen molar-refractivity contribution in [2.75, 3.05) is 6.61 Å². The fraction of sp³-hybridized carbons (Fsp3) is 0.514. The van der Waals surface area contributed by atoms with Crippen molar-refractivity contribution >= 4 is 32.8 Å². The molecule has 1 N–H and O–H groups in total. The normalized spacial score (nSPS) is 21.2. The summed E-state index contributed by atoms with van der Waals surface area (Å²) in [6, 6.07) is 20.6. The molecule has 1 fully saturated rings. The number of Topliss-reactive ketones (excluding diaryl/α,β-unsaturated/α-hetero) is 1. The number of H-pyrrole nitrogens is 1. The first kappa shape index (κ1) is 35.0. The van der Waals surface area contributed by atoms with Crippen molar-refractivity contribution in [3.63, 3.8) is 0 Å². The van der Waals surface area contributed by atoms with E-state index in [4.69, 9.17) is 13.6 Å². The second-order valence-corrected chi connectivity index (χ2v) is 23.8. The zero-order chi connectivity index (χ0) is 33.4. The Balaban J connectivity index is 1.92. The number of carbonyl (C=O) groups is 1. The summed E-state index contributed by atoms with van der Waals surface area (Å²) in [4.78, 5) is 42.0. The van der Waals surface area contributed by atoms with Gasteiger partial charge >= 0.3 is 5.69 Å². The summed E-state index contributed by atoms with van der Waals surface area (Å²) in [5.41, 5.74) is -2.14. The molecule has 0 spiro atoms. The van der Waals surface area contributed by atoms with Crippen LogP contribution in [0.5, 0.6) is 0 Å². The largest absolute Gasteiger partial charge is 0.410 e. The lowest BCUT2D eigenvalue weighted by Gasteiger charge is -2.46. The van der Waals surface area contributed by atoms with Gasteiger partial charge in [0.15, 0.2) is 19.7 Å². The van der Waals surface area contributed by atoms with Crippen molar-refractivity contribution in [3.05, 3.63) is 93.3 Å². The number of rotatable bonds is 10. The van der Waals surface area contributed by atoms with Crippen molar-refractivity contribution in [2.24, 2.45) is 0 Å². The van der Waals surface area contributed by atoms with Crippen molar-refractivity contribution in [1.29, 1.82) is 0 Å². The second-order valence-electron chi connectivity index (χ2n) is 14.8. The molecule has 10 heteroatoms. The Morgan fingerprint density at radius 3 is 1.96 bits per heavy atom. The molecule has 1 saturated heterocycles. The first-order valence-corrected chi connectivity index (χ1v) is 20.7. The molecule has 0 amide bonds. The van der Waals surface area contributed by atoms with Gasteiger partial charge in [-0.25, -0.2) is 4.79 Å². The average Bonchev–Trinajstić information content (AvgIpc) is 3.32. The van der Waals surface area contributed by atoms with Gasteiger partial charge in [-0.15, -0.1) is 0 Å². The maximum absolute atomic E-state index is 14.3. The third-order valence-corrected chi connectivity index (χ3v) is 19.2. The summed E-state index contributed by atoms with van der Waals surface area (Å²) in [6.07, 6.45) is 0.459. The van der Waals surface area contributed by atoms with Gasteiger partial charge in [0.1, 0.15) is 6.23 Å². The Kier molecular flexibility index (Phi) is 9.88. The van der Waals surface area contributed by atoms with Crippen LogP contribution in [0, 0.1) is 6.92 Å². The van der Waals surface area contributed by atoms with E-state index in [-0.39, 0.29) is 35.3 Å². The van der Waals surface area contributed by atoms with E-state index in [9.17, 15) is 14.4 Å². The number of aromatic nitrogens is 2. The summed E-state index contributed by atoms with van der Waals surface area (Å²) in [6.45, 7) is 20.8. The maximum atomic E-state index is 14.3. The Bertz CT molecular complexity index is 1570. The van der Waals surface area contributed by atoms with E-state index in [2.05, 4.69) is 83.9 Å². The van der Waals surface area contributed by atoms with E-state index < -0.39 is 45.8 Å². The number of benzene rings is 2. The molecule has 45 heavy (non-hydrogen) atoms. The highest BCUT2D eigenvalue weighted by atomic mass is 28.4. The van der Waals surface area contributed by atoms with Gasteiger partial charge in [-0.3, -0.25) is 19.1 Å². The fourth-order valence-electron chi connectivity index (χ4n) is 6.12.